The highest BCUT2D eigenvalue weighted by atomic mass is 79.9. The molecule has 1 aromatic rings. The van der Waals surface area contributed by atoms with Gasteiger partial charge in [-0.15, -0.1) is 0 Å². The summed E-state index contributed by atoms with van der Waals surface area (Å²) in [6.07, 6.45) is 10.5. The summed E-state index contributed by atoms with van der Waals surface area (Å²) >= 11 is 3.78. The Kier molecular flexibility index (Phi) is 8.44. The van der Waals surface area contributed by atoms with Crippen LogP contribution in [0.15, 0.2) is 12.1 Å². The minimum absolute atomic E-state index is 0.126. The van der Waals surface area contributed by atoms with Crippen molar-refractivity contribution in [2.45, 2.75) is 77.0 Å². The fourth-order valence-corrected chi connectivity index (χ4v) is 3.89. The van der Waals surface area contributed by atoms with Gasteiger partial charge >= 0.3 is 0 Å². The predicted molar refractivity (Wildman–Crippen MR) is 90.2 cm³/mol. The van der Waals surface area contributed by atoms with E-state index in [1.54, 1.807) is 12.1 Å². The van der Waals surface area contributed by atoms with Crippen molar-refractivity contribution in [2.24, 2.45) is 0 Å². The van der Waals surface area contributed by atoms with Crippen LogP contribution in [0.4, 0.5) is 4.39 Å². The van der Waals surface area contributed by atoms with Crippen LogP contribution in [0.25, 0.3) is 0 Å². The van der Waals surface area contributed by atoms with Crippen molar-refractivity contribution >= 4 is 15.9 Å². The minimum atomic E-state index is -0.126. The van der Waals surface area contributed by atoms with Crippen LogP contribution in [-0.4, -0.2) is 0 Å². The first kappa shape index (κ1) is 17.7. The molecule has 0 aliphatic rings. The SMILES string of the molecule is CCCCCCCCCC(Br)c1c(C)cc(F)cc1C. The van der Waals surface area contributed by atoms with Gasteiger partial charge in [0.15, 0.2) is 0 Å². The van der Waals surface area contributed by atoms with Gasteiger partial charge in [-0.3, -0.25) is 0 Å². The lowest BCUT2D eigenvalue weighted by atomic mass is 9.96. The molecule has 0 aliphatic heterocycles. The summed E-state index contributed by atoms with van der Waals surface area (Å²) in [6, 6.07) is 3.28. The molecule has 0 aliphatic carbocycles. The Bertz CT molecular complexity index is 377. The zero-order chi connectivity index (χ0) is 15.0. The molecule has 2 heteroatoms. The highest BCUT2D eigenvalue weighted by molar-refractivity contribution is 9.09. The molecule has 0 radical (unpaired) electrons. The van der Waals surface area contributed by atoms with E-state index in [1.807, 2.05) is 13.8 Å². The van der Waals surface area contributed by atoms with Gasteiger partial charge in [0, 0.05) is 4.83 Å². The van der Waals surface area contributed by atoms with E-state index in [4.69, 9.17) is 0 Å². The summed E-state index contributed by atoms with van der Waals surface area (Å²) in [6.45, 7) is 6.26. The Morgan fingerprint density at radius 1 is 0.950 bits per heavy atom. The Morgan fingerprint density at radius 2 is 1.45 bits per heavy atom. The van der Waals surface area contributed by atoms with Gasteiger partial charge in [-0.25, -0.2) is 4.39 Å². The minimum Gasteiger partial charge on any atom is -0.207 e. The van der Waals surface area contributed by atoms with E-state index in [1.165, 1.54) is 50.5 Å². The Balaban J connectivity index is 2.34. The maximum atomic E-state index is 13.3. The maximum absolute atomic E-state index is 13.3. The van der Waals surface area contributed by atoms with Crippen molar-refractivity contribution < 1.29 is 4.39 Å². The van der Waals surface area contributed by atoms with Crippen LogP contribution in [0.5, 0.6) is 0 Å². The van der Waals surface area contributed by atoms with E-state index < -0.39 is 0 Å². The molecule has 0 saturated heterocycles. The van der Waals surface area contributed by atoms with Gasteiger partial charge in [0.25, 0.3) is 0 Å². The summed E-state index contributed by atoms with van der Waals surface area (Å²) in [4.78, 5) is 0.360. The third kappa shape index (κ3) is 5.95. The smallest absolute Gasteiger partial charge is 0.123 e. The topological polar surface area (TPSA) is 0 Å². The molecule has 0 spiro atoms. The second-order valence-electron chi connectivity index (χ2n) is 5.83. The molecule has 0 aromatic heterocycles. The van der Waals surface area contributed by atoms with Gasteiger partial charge < -0.3 is 0 Å². The Labute approximate surface area is 132 Å². The van der Waals surface area contributed by atoms with E-state index in [2.05, 4.69) is 22.9 Å². The number of benzene rings is 1. The lowest BCUT2D eigenvalue weighted by Crippen LogP contribution is -1.99. The fourth-order valence-electron chi connectivity index (χ4n) is 2.84. The lowest BCUT2D eigenvalue weighted by Gasteiger charge is -2.16. The molecule has 1 unspecified atom stereocenters. The maximum Gasteiger partial charge on any atom is 0.123 e. The molecule has 0 bridgehead atoms. The molecule has 0 heterocycles. The summed E-state index contributed by atoms with van der Waals surface area (Å²) in [5.74, 6) is -0.126. The zero-order valence-electron chi connectivity index (χ0n) is 13.1. The number of rotatable bonds is 9. The number of hydrogen-bond acceptors (Lipinski definition) is 0. The predicted octanol–water partition coefficient (Wildman–Crippen LogP) is 7.02. The number of halogens is 2. The number of hydrogen-bond donors (Lipinski definition) is 0. The monoisotopic (exact) mass is 342 g/mol. The molecule has 0 N–H and O–H groups in total. The summed E-state index contributed by atoms with van der Waals surface area (Å²) in [5.41, 5.74) is 3.40. The van der Waals surface area contributed by atoms with Crippen LogP contribution < -0.4 is 0 Å². The molecule has 0 nitrogen and oxygen atoms in total. The highest BCUT2D eigenvalue weighted by Gasteiger charge is 2.13. The normalized spacial score (nSPS) is 12.7. The highest BCUT2D eigenvalue weighted by Crippen LogP contribution is 2.33. The fraction of sp³-hybridized carbons (Fsp3) is 0.667. The Hall–Kier alpha value is -0.370. The third-order valence-corrected chi connectivity index (χ3v) is 4.85. The first-order chi connectivity index (χ1) is 9.56. The molecular formula is C18H28BrF. The second-order valence-corrected chi connectivity index (χ2v) is 6.94. The first-order valence-electron chi connectivity index (χ1n) is 7.97. The molecular weight excluding hydrogens is 315 g/mol. The van der Waals surface area contributed by atoms with Crippen molar-refractivity contribution in [3.63, 3.8) is 0 Å². The van der Waals surface area contributed by atoms with Crippen molar-refractivity contribution in [1.82, 2.24) is 0 Å². The molecule has 0 amide bonds. The van der Waals surface area contributed by atoms with Crippen molar-refractivity contribution in [2.75, 3.05) is 0 Å². The molecule has 114 valence electrons. The van der Waals surface area contributed by atoms with Crippen LogP contribution in [-0.2, 0) is 0 Å². The number of alkyl halides is 1. The van der Waals surface area contributed by atoms with Crippen LogP contribution in [0, 0.1) is 19.7 Å². The van der Waals surface area contributed by atoms with E-state index in [-0.39, 0.29) is 5.82 Å². The average Bonchev–Trinajstić information content (AvgIpc) is 2.36. The molecule has 0 fully saturated rings. The van der Waals surface area contributed by atoms with E-state index in [0.717, 1.165) is 17.5 Å². The van der Waals surface area contributed by atoms with Crippen LogP contribution >= 0.6 is 15.9 Å². The van der Waals surface area contributed by atoms with Crippen LogP contribution in [0.3, 0.4) is 0 Å². The second kappa shape index (κ2) is 9.55. The summed E-state index contributed by atoms with van der Waals surface area (Å²) in [7, 11) is 0. The zero-order valence-corrected chi connectivity index (χ0v) is 14.7. The Morgan fingerprint density at radius 3 is 2.00 bits per heavy atom. The third-order valence-electron chi connectivity index (χ3n) is 3.93. The molecule has 20 heavy (non-hydrogen) atoms. The molecule has 1 rings (SSSR count). The van der Waals surface area contributed by atoms with Crippen LogP contribution in [0.1, 0.15) is 79.8 Å². The molecule has 1 atom stereocenters. The van der Waals surface area contributed by atoms with Crippen molar-refractivity contribution in [3.8, 4) is 0 Å². The molecule has 0 saturated carbocycles. The quantitative estimate of drug-likeness (QED) is 0.334. The van der Waals surface area contributed by atoms with Gasteiger partial charge in [-0.2, -0.15) is 0 Å². The standard InChI is InChI=1S/C18H28BrF/c1-4-5-6-7-8-9-10-11-17(19)18-14(2)12-16(20)13-15(18)3/h12-13,17H,4-11H2,1-3H3. The largest absolute Gasteiger partial charge is 0.207 e. The van der Waals surface area contributed by atoms with Crippen LogP contribution in [0.2, 0.25) is 0 Å². The van der Waals surface area contributed by atoms with E-state index in [0.29, 0.717) is 4.83 Å². The summed E-state index contributed by atoms with van der Waals surface area (Å²) < 4.78 is 13.3. The number of unbranched alkanes of at least 4 members (excludes halogenated alkanes) is 6. The van der Waals surface area contributed by atoms with Gasteiger partial charge in [0.05, 0.1) is 0 Å². The van der Waals surface area contributed by atoms with E-state index in [9.17, 15) is 4.39 Å². The van der Waals surface area contributed by atoms with E-state index >= 15 is 0 Å². The number of aryl methyl sites for hydroxylation is 2. The van der Waals surface area contributed by atoms with Crippen molar-refractivity contribution in [3.05, 3.63) is 34.6 Å². The van der Waals surface area contributed by atoms with Gasteiger partial charge in [0.2, 0.25) is 0 Å². The average molecular weight is 343 g/mol. The van der Waals surface area contributed by atoms with Gasteiger partial charge in [0.1, 0.15) is 5.82 Å². The van der Waals surface area contributed by atoms with Gasteiger partial charge in [-0.05, 0) is 49.1 Å². The lowest BCUT2D eigenvalue weighted by molar-refractivity contribution is 0.573. The molecule has 1 aromatic carbocycles. The first-order valence-corrected chi connectivity index (χ1v) is 8.88. The van der Waals surface area contributed by atoms with Crippen molar-refractivity contribution in [1.29, 1.82) is 0 Å². The van der Waals surface area contributed by atoms with Gasteiger partial charge in [-0.1, -0.05) is 67.8 Å². The summed E-state index contributed by atoms with van der Waals surface area (Å²) in [5, 5.41) is 0.